The molecule has 6 aromatic rings. The summed E-state index contributed by atoms with van der Waals surface area (Å²) in [7, 11) is 2.15. The quantitative estimate of drug-likeness (QED) is 0.275. The molecular weight excluding hydrogens is 400 g/mol. The van der Waals surface area contributed by atoms with Gasteiger partial charge in [-0.05, 0) is 53.6 Å². The van der Waals surface area contributed by atoms with Gasteiger partial charge in [0.25, 0.3) is 0 Å². The molecule has 6 rings (SSSR count). The number of hydrogen-bond acceptors (Lipinski definition) is 1. The van der Waals surface area contributed by atoms with Crippen LogP contribution in [0.1, 0.15) is 0 Å². The van der Waals surface area contributed by atoms with Crippen molar-refractivity contribution in [2.24, 2.45) is 7.05 Å². The molecule has 1 aromatic heterocycles. The number of aromatic nitrogens is 1. The van der Waals surface area contributed by atoms with E-state index in [1.807, 2.05) is 0 Å². The van der Waals surface area contributed by atoms with Gasteiger partial charge in [-0.1, -0.05) is 84.9 Å². The van der Waals surface area contributed by atoms with Gasteiger partial charge in [0.1, 0.15) is 0 Å². The summed E-state index contributed by atoms with van der Waals surface area (Å²) < 4.78 is 2.29. The van der Waals surface area contributed by atoms with Crippen LogP contribution in [0, 0.1) is 0 Å². The molecule has 158 valence electrons. The molecule has 0 N–H and O–H groups in total. The number of para-hydroxylation sites is 2. The minimum Gasteiger partial charge on any atom is -0.344 e. The summed E-state index contributed by atoms with van der Waals surface area (Å²) >= 11 is 0. The lowest BCUT2D eigenvalue weighted by Crippen LogP contribution is -2.10. The van der Waals surface area contributed by atoms with E-state index in [4.69, 9.17) is 0 Å². The van der Waals surface area contributed by atoms with Crippen LogP contribution in [0.2, 0.25) is 0 Å². The maximum absolute atomic E-state index is 2.36. The Labute approximate surface area is 194 Å². The minimum atomic E-state index is 1.14. The summed E-state index contributed by atoms with van der Waals surface area (Å²) in [6.45, 7) is 0. The van der Waals surface area contributed by atoms with E-state index >= 15 is 0 Å². The van der Waals surface area contributed by atoms with Crippen LogP contribution in [-0.2, 0) is 7.05 Å². The van der Waals surface area contributed by atoms with Gasteiger partial charge in [0.05, 0.1) is 11.2 Å². The molecule has 2 nitrogen and oxygen atoms in total. The Morgan fingerprint density at radius 2 is 1.06 bits per heavy atom. The Morgan fingerprint density at radius 1 is 0.485 bits per heavy atom. The Morgan fingerprint density at radius 3 is 1.82 bits per heavy atom. The molecule has 0 unspecified atom stereocenters. The number of aryl methyl sites for hydroxylation is 1. The van der Waals surface area contributed by atoms with Gasteiger partial charge in [0.15, 0.2) is 0 Å². The summed E-state index contributed by atoms with van der Waals surface area (Å²) in [5, 5.41) is 2.54. The third kappa shape index (κ3) is 3.28. The highest BCUT2D eigenvalue weighted by Gasteiger charge is 2.19. The molecule has 0 radical (unpaired) electrons. The first-order chi connectivity index (χ1) is 16.3. The SMILES string of the molecule is Cn1c2ccccc2c2c(N(c3ccccc3)c3ccc(-c4ccccc4)cc3)cccc21. The molecule has 1 heterocycles. The van der Waals surface area contributed by atoms with Gasteiger partial charge in [-0.15, -0.1) is 0 Å². The molecule has 0 aliphatic rings. The second kappa shape index (κ2) is 7.99. The zero-order chi connectivity index (χ0) is 22.2. The van der Waals surface area contributed by atoms with Crippen molar-refractivity contribution < 1.29 is 0 Å². The number of hydrogen-bond donors (Lipinski definition) is 0. The molecule has 0 bridgehead atoms. The Balaban J connectivity index is 1.58. The highest BCUT2D eigenvalue weighted by Crippen LogP contribution is 2.42. The average molecular weight is 425 g/mol. The molecule has 33 heavy (non-hydrogen) atoms. The summed E-state index contributed by atoms with van der Waals surface area (Å²) in [6, 6.07) is 45.3. The Hall–Kier alpha value is -4.30. The van der Waals surface area contributed by atoms with Gasteiger partial charge < -0.3 is 9.47 Å². The van der Waals surface area contributed by atoms with Crippen molar-refractivity contribution in [3.05, 3.63) is 127 Å². The predicted octanol–water partition coefficient (Wildman–Crippen LogP) is 8.47. The normalized spacial score (nSPS) is 11.2. The van der Waals surface area contributed by atoms with Gasteiger partial charge in [0, 0.05) is 34.7 Å². The number of nitrogens with zero attached hydrogens (tertiary/aromatic N) is 2. The molecule has 0 atom stereocenters. The van der Waals surface area contributed by atoms with Crippen molar-refractivity contribution in [1.82, 2.24) is 4.57 Å². The van der Waals surface area contributed by atoms with Crippen molar-refractivity contribution >= 4 is 38.9 Å². The highest BCUT2D eigenvalue weighted by molar-refractivity contribution is 6.15. The van der Waals surface area contributed by atoms with Gasteiger partial charge >= 0.3 is 0 Å². The molecule has 0 saturated carbocycles. The fourth-order valence-corrected chi connectivity index (χ4v) is 4.82. The van der Waals surface area contributed by atoms with E-state index in [-0.39, 0.29) is 0 Å². The lowest BCUT2D eigenvalue weighted by Gasteiger charge is -2.26. The summed E-state index contributed by atoms with van der Waals surface area (Å²) in [6.07, 6.45) is 0. The number of fused-ring (bicyclic) bond motifs is 3. The average Bonchev–Trinajstić information content (AvgIpc) is 3.19. The largest absolute Gasteiger partial charge is 0.344 e. The molecule has 0 aliphatic heterocycles. The molecule has 5 aromatic carbocycles. The lowest BCUT2D eigenvalue weighted by molar-refractivity contribution is 1.01. The van der Waals surface area contributed by atoms with E-state index < -0.39 is 0 Å². The van der Waals surface area contributed by atoms with E-state index in [0.717, 1.165) is 11.4 Å². The van der Waals surface area contributed by atoms with Crippen LogP contribution >= 0.6 is 0 Å². The van der Waals surface area contributed by atoms with E-state index in [1.165, 1.54) is 38.6 Å². The van der Waals surface area contributed by atoms with Crippen molar-refractivity contribution in [2.45, 2.75) is 0 Å². The standard InChI is InChI=1S/C31H24N2/c1-32-28-16-9-8-15-27(28)31-29(32)17-10-18-30(31)33(25-13-6-3-7-14-25)26-21-19-24(20-22-26)23-11-4-2-5-12-23/h2-22H,1H3. The van der Waals surface area contributed by atoms with E-state index in [2.05, 4.69) is 144 Å². The Bertz CT molecular complexity index is 1550. The van der Waals surface area contributed by atoms with Gasteiger partial charge in [-0.2, -0.15) is 0 Å². The lowest BCUT2D eigenvalue weighted by atomic mass is 10.0. The maximum Gasteiger partial charge on any atom is 0.0561 e. The monoisotopic (exact) mass is 424 g/mol. The molecule has 0 amide bonds. The smallest absolute Gasteiger partial charge is 0.0561 e. The fraction of sp³-hybridized carbons (Fsp3) is 0.0323. The van der Waals surface area contributed by atoms with E-state index in [0.29, 0.717) is 0 Å². The Kier molecular flexibility index (Phi) is 4.70. The topological polar surface area (TPSA) is 8.17 Å². The molecule has 0 saturated heterocycles. The van der Waals surface area contributed by atoms with Crippen molar-refractivity contribution in [3.8, 4) is 11.1 Å². The predicted molar refractivity (Wildman–Crippen MR) is 141 cm³/mol. The fourth-order valence-electron chi connectivity index (χ4n) is 4.82. The minimum absolute atomic E-state index is 1.14. The van der Waals surface area contributed by atoms with Crippen LogP contribution in [0.4, 0.5) is 17.1 Å². The molecular formula is C31H24N2. The molecule has 0 spiro atoms. The zero-order valence-electron chi connectivity index (χ0n) is 18.5. The highest BCUT2D eigenvalue weighted by atomic mass is 15.1. The summed E-state index contributed by atoms with van der Waals surface area (Å²) in [4.78, 5) is 2.36. The van der Waals surface area contributed by atoms with Gasteiger partial charge in [-0.3, -0.25) is 0 Å². The first-order valence-corrected chi connectivity index (χ1v) is 11.3. The van der Waals surface area contributed by atoms with E-state index in [9.17, 15) is 0 Å². The second-order valence-corrected chi connectivity index (χ2v) is 8.33. The van der Waals surface area contributed by atoms with Crippen LogP contribution in [0.3, 0.4) is 0 Å². The third-order valence-corrected chi connectivity index (χ3v) is 6.40. The van der Waals surface area contributed by atoms with E-state index in [1.54, 1.807) is 0 Å². The van der Waals surface area contributed by atoms with Crippen LogP contribution in [0.15, 0.2) is 127 Å². The van der Waals surface area contributed by atoms with Crippen molar-refractivity contribution in [3.63, 3.8) is 0 Å². The molecule has 0 fully saturated rings. The molecule has 2 heteroatoms. The number of benzene rings is 5. The van der Waals surface area contributed by atoms with Crippen LogP contribution in [-0.4, -0.2) is 4.57 Å². The number of rotatable bonds is 4. The summed E-state index contributed by atoms with van der Waals surface area (Å²) in [5.74, 6) is 0. The first-order valence-electron chi connectivity index (χ1n) is 11.3. The maximum atomic E-state index is 2.36. The van der Waals surface area contributed by atoms with Crippen LogP contribution in [0.5, 0.6) is 0 Å². The van der Waals surface area contributed by atoms with Gasteiger partial charge in [0.2, 0.25) is 0 Å². The van der Waals surface area contributed by atoms with Crippen LogP contribution < -0.4 is 4.90 Å². The second-order valence-electron chi connectivity index (χ2n) is 8.33. The van der Waals surface area contributed by atoms with Crippen molar-refractivity contribution in [1.29, 1.82) is 0 Å². The molecule has 0 aliphatic carbocycles. The van der Waals surface area contributed by atoms with Crippen LogP contribution in [0.25, 0.3) is 32.9 Å². The number of anilines is 3. The first kappa shape index (κ1) is 19.4. The zero-order valence-corrected chi connectivity index (χ0v) is 18.5. The summed E-state index contributed by atoms with van der Waals surface area (Å²) in [5.41, 5.74) is 8.39. The third-order valence-electron chi connectivity index (χ3n) is 6.40. The van der Waals surface area contributed by atoms with Gasteiger partial charge in [-0.25, -0.2) is 0 Å². The van der Waals surface area contributed by atoms with Crippen molar-refractivity contribution in [2.75, 3.05) is 4.90 Å².